The number of hydrogen-bond donors (Lipinski definition) is 0. The molecule has 0 N–H and O–H groups in total. The monoisotopic (exact) mass is 268 g/mol. The number of nitrogens with zero attached hydrogens (tertiary/aromatic N) is 2. The molecule has 0 radical (unpaired) electrons. The van der Waals surface area contributed by atoms with Gasteiger partial charge in [-0.15, -0.1) is 11.6 Å². The number of fused-ring (bicyclic) bond motifs is 1. The topological polar surface area (TPSA) is 17.8 Å². The van der Waals surface area contributed by atoms with Gasteiger partial charge in [-0.2, -0.15) is 0 Å². The Morgan fingerprint density at radius 3 is 2.67 bits per heavy atom. The molecular formula is C14H18ClFN2. The number of para-hydroxylation sites is 1. The Bertz CT molecular complexity index is 555. The summed E-state index contributed by atoms with van der Waals surface area (Å²) >= 11 is 5.80. The molecule has 0 unspecified atom stereocenters. The van der Waals surface area contributed by atoms with E-state index in [-0.39, 0.29) is 11.2 Å². The lowest BCUT2D eigenvalue weighted by Gasteiger charge is -2.21. The molecule has 98 valence electrons. The van der Waals surface area contributed by atoms with E-state index in [2.05, 4.69) is 30.3 Å². The van der Waals surface area contributed by atoms with Crippen LogP contribution in [0, 0.1) is 11.2 Å². The zero-order chi connectivity index (χ0) is 13.3. The predicted octanol–water partition coefficient (Wildman–Crippen LogP) is 4.00. The molecule has 0 atom stereocenters. The lowest BCUT2D eigenvalue weighted by atomic mass is 9.96. The van der Waals surface area contributed by atoms with Crippen molar-refractivity contribution in [1.29, 1.82) is 0 Å². The third-order valence-electron chi connectivity index (χ3n) is 2.76. The number of benzene rings is 1. The van der Waals surface area contributed by atoms with Gasteiger partial charge in [-0.25, -0.2) is 9.37 Å². The number of halogens is 2. The molecule has 0 saturated heterocycles. The summed E-state index contributed by atoms with van der Waals surface area (Å²) in [5, 5.41) is 0. The van der Waals surface area contributed by atoms with Gasteiger partial charge in [0.05, 0.1) is 5.52 Å². The second-order valence-corrected chi connectivity index (χ2v) is 6.10. The highest BCUT2D eigenvalue weighted by atomic mass is 35.5. The van der Waals surface area contributed by atoms with E-state index in [0.29, 0.717) is 17.8 Å². The van der Waals surface area contributed by atoms with Crippen molar-refractivity contribution >= 4 is 22.6 Å². The van der Waals surface area contributed by atoms with Gasteiger partial charge in [0, 0.05) is 18.8 Å². The summed E-state index contributed by atoms with van der Waals surface area (Å²) in [4.78, 5) is 4.39. The molecule has 0 fully saturated rings. The SMILES string of the molecule is CC(C)(C)Cn1c(CCCl)nc2c(F)cccc21. The number of rotatable bonds is 3. The van der Waals surface area contributed by atoms with E-state index in [9.17, 15) is 4.39 Å². The minimum atomic E-state index is -0.268. The molecule has 18 heavy (non-hydrogen) atoms. The minimum Gasteiger partial charge on any atom is -0.327 e. The van der Waals surface area contributed by atoms with Crippen LogP contribution in [0.2, 0.25) is 0 Å². The Kier molecular flexibility index (Phi) is 3.62. The van der Waals surface area contributed by atoms with Crippen LogP contribution in [0.5, 0.6) is 0 Å². The molecule has 0 aliphatic carbocycles. The van der Waals surface area contributed by atoms with Gasteiger partial charge in [-0.3, -0.25) is 0 Å². The van der Waals surface area contributed by atoms with Crippen LogP contribution in [0.3, 0.4) is 0 Å². The van der Waals surface area contributed by atoms with Gasteiger partial charge >= 0.3 is 0 Å². The van der Waals surface area contributed by atoms with E-state index in [1.807, 2.05) is 6.07 Å². The molecule has 2 nitrogen and oxygen atoms in total. The summed E-state index contributed by atoms with van der Waals surface area (Å²) in [6.07, 6.45) is 0.658. The molecule has 0 saturated carbocycles. The number of hydrogen-bond acceptors (Lipinski definition) is 1. The molecule has 2 rings (SSSR count). The van der Waals surface area contributed by atoms with Crippen LogP contribution in [0.25, 0.3) is 11.0 Å². The van der Waals surface area contributed by atoms with E-state index >= 15 is 0 Å². The van der Waals surface area contributed by atoms with Crippen molar-refractivity contribution in [2.75, 3.05) is 5.88 Å². The summed E-state index contributed by atoms with van der Waals surface area (Å²) in [5.41, 5.74) is 1.41. The van der Waals surface area contributed by atoms with Crippen molar-refractivity contribution in [2.24, 2.45) is 5.41 Å². The van der Waals surface area contributed by atoms with Gasteiger partial charge in [0.2, 0.25) is 0 Å². The predicted molar refractivity (Wildman–Crippen MR) is 73.6 cm³/mol. The van der Waals surface area contributed by atoms with Crippen LogP contribution < -0.4 is 0 Å². The van der Waals surface area contributed by atoms with Crippen molar-refractivity contribution < 1.29 is 4.39 Å². The smallest absolute Gasteiger partial charge is 0.151 e. The van der Waals surface area contributed by atoms with Crippen molar-refractivity contribution in [3.05, 3.63) is 29.8 Å². The van der Waals surface area contributed by atoms with Gasteiger partial charge in [0.1, 0.15) is 11.3 Å². The fourth-order valence-electron chi connectivity index (χ4n) is 2.09. The largest absolute Gasteiger partial charge is 0.327 e. The average molecular weight is 269 g/mol. The Balaban J connectivity index is 2.59. The number of aryl methyl sites for hydroxylation is 1. The van der Waals surface area contributed by atoms with Gasteiger partial charge in [-0.05, 0) is 17.5 Å². The Morgan fingerprint density at radius 2 is 2.06 bits per heavy atom. The molecule has 0 aliphatic heterocycles. The van der Waals surface area contributed by atoms with Crippen LogP contribution in [-0.4, -0.2) is 15.4 Å². The number of aromatic nitrogens is 2. The fourth-order valence-corrected chi connectivity index (χ4v) is 2.26. The molecule has 0 amide bonds. The molecule has 1 aromatic carbocycles. The number of imidazole rings is 1. The summed E-state index contributed by atoms with van der Waals surface area (Å²) in [5.74, 6) is 1.09. The first kappa shape index (κ1) is 13.3. The van der Waals surface area contributed by atoms with E-state index in [1.165, 1.54) is 6.07 Å². The highest BCUT2D eigenvalue weighted by Crippen LogP contribution is 2.25. The van der Waals surface area contributed by atoms with Crippen LogP contribution in [0.1, 0.15) is 26.6 Å². The summed E-state index contributed by atoms with van der Waals surface area (Å²) < 4.78 is 15.8. The summed E-state index contributed by atoms with van der Waals surface area (Å²) in [7, 11) is 0. The highest BCUT2D eigenvalue weighted by molar-refractivity contribution is 6.17. The van der Waals surface area contributed by atoms with Crippen LogP contribution in [-0.2, 0) is 13.0 Å². The third-order valence-corrected chi connectivity index (χ3v) is 2.95. The standard InChI is InChI=1S/C14H18ClFN2/c1-14(2,3)9-18-11-6-4-5-10(16)13(11)17-12(18)7-8-15/h4-6H,7-9H2,1-3H3. The molecule has 1 aromatic heterocycles. The van der Waals surface area contributed by atoms with E-state index in [4.69, 9.17) is 11.6 Å². The molecule has 2 aromatic rings. The van der Waals surface area contributed by atoms with Crippen LogP contribution in [0.4, 0.5) is 4.39 Å². The third kappa shape index (κ3) is 2.66. The van der Waals surface area contributed by atoms with Crippen molar-refractivity contribution in [1.82, 2.24) is 9.55 Å². The van der Waals surface area contributed by atoms with Gasteiger partial charge in [-0.1, -0.05) is 26.8 Å². The molecule has 0 aliphatic rings. The fraction of sp³-hybridized carbons (Fsp3) is 0.500. The second kappa shape index (κ2) is 4.88. The first-order valence-electron chi connectivity index (χ1n) is 6.12. The quantitative estimate of drug-likeness (QED) is 0.770. The molecule has 0 bridgehead atoms. The minimum absolute atomic E-state index is 0.112. The van der Waals surface area contributed by atoms with E-state index < -0.39 is 0 Å². The summed E-state index contributed by atoms with van der Waals surface area (Å²) in [6.45, 7) is 7.27. The van der Waals surface area contributed by atoms with Gasteiger partial charge in [0.25, 0.3) is 0 Å². The molecule has 1 heterocycles. The zero-order valence-electron chi connectivity index (χ0n) is 11.0. The highest BCUT2D eigenvalue weighted by Gasteiger charge is 2.18. The van der Waals surface area contributed by atoms with Crippen LogP contribution >= 0.6 is 11.6 Å². The van der Waals surface area contributed by atoms with Crippen molar-refractivity contribution in [2.45, 2.75) is 33.7 Å². The van der Waals surface area contributed by atoms with Crippen molar-refractivity contribution in [3.63, 3.8) is 0 Å². The second-order valence-electron chi connectivity index (χ2n) is 5.72. The molecule has 4 heteroatoms. The zero-order valence-corrected chi connectivity index (χ0v) is 11.8. The maximum absolute atomic E-state index is 13.7. The average Bonchev–Trinajstić information content (AvgIpc) is 2.58. The molecular weight excluding hydrogens is 251 g/mol. The Hall–Kier alpha value is -1.09. The summed E-state index contributed by atoms with van der Waals surface area (Å²) in [6, 6.07) is 5.08. The Labute approximate surface area is 112 Å². The normalized spacial score (nSPS) is 12.3. The molecule has 0 spiro atoms. The van der Waals surface area contributed by atoms with E-state index in [1.54, 1.807) is 6.07 Å². The lowest BCUT2D eigenvalue weighted by Crippen LogP contribution is -2.17. The lowest BCUT2D eigenvalue weighted by molar-refractivity contribution is 0.343. The van der Waals surface area contributed by atoms with Crippen molar-refractivity contribution in [3.8, 4) is 0 Å². The first-order valence-corrected chi connectivity index (χ1v) is 6.65. The van der Waals surface area contributed by atoms with Gasteiger partial charge in [0.15, 0.2) is 5.82 Å². The van der Waals surface area contributed by atoms with E-state index in [0.717, 1.165) is 17.9 Å². The Morgan fingerprint density at radius 1 is 1.33 bits per heavy atom. The number of alkyl halides is 1. The maximum Gasteiger partial charge on any atom is 0.151 e. The van der Waals surface area contributed by atoms with Gasteiger partial charge < -0.3 is 4.57 Å². The first-order chi connectivity index (χ1) is 8.42. The van der Waals surface area contributed by atoms with Crippen LogP contribution in [0.15, 0.2) is 18.2 Å². The maximum atomic E-state index is 13.7.